The molecule has 0 atom stereocenters. The van der Waals surface area contributed by atoms with E-state index >= 15 is 0 Å². The molecular weight excluding hydrogens is 284 g/mol. The highest BCUT2D eigenvalue weighted by Gasteiger charge is 2.17. The number of anilines is 2. The van der Waals surface area contributed by atoms with Crippen molar-refractivity contribution in [3.8, 4) is 0 Å². The van der Waals surface area contributed by atoms with Gasteiger partial charge in [0.05, 0.1) is 4.92 Å². The summed E-state index contributed by atoms with van der Waals surface area (Å²) in [5.74, 6) is -1.75. The Labute approximate surface area is 118 Å². The van der Waals surface area contributed by atoms with Crippen LogP contribution in [0.5, 0.6) is 0 Å². The van der Waals surface area contributed by atoms with E-state index in [1.165, 1.54) is 6.07 Å². The van der Waals surface area contributed by atoms with E-state index in [4.69, 9.17) is 0 Å². The zero-order chi connectivity index (χ0) is 15.4. The summed E-state index contributed by atoms with van der Waals surface area (Å²) >= 11 is 0. The molecule has 1 aromatic heterocycles. The molecule has 0 aliphatic heterocycles. The predicted octanol–water partition coefficient (Wildman–Crippen LogP) is 2.32. The highest BCUT2D eigenvalue weighted by molar-refractivity contribution is 5.57. The van der Waals surface area contributed by atoms with Gasteiger partial charge in [-0.25, -0.2) is 13.8 Å². The van der Waals surface area contributed by atoms with Crippen LogP contribution < -0.4 is 10.6 Å². The number of hydrogen-bond donors (Lipinski definition) is 2. The van der Waals surface area contributed by atoms with Crippen molar-refractivity contribution in [3.63, 3.8) is 0 Å². The van der Waals surface area contributed by atoms with E-state index in [-0.39, 0.29) is 24.0 Å². The molecule has 0 amide bonds. The topological polar surface area (TPSA) is 93.0 Å². The van der Waals surface area contributed by atoms with Crippen LogP contribution in [0.25, 0.3) is 0 Å². The number of nitrogens with one attached hydrogen (secondary N) is 2. The Balaban J connectivity index is 2.21. The van der Waals surface area contributed by atoms with Gasteiger partial charge in [-0.2, -0.15) is 4.98 Å². The fraction of sp³-hybridized carbons (Fsp3) is 0.167. The summed E-state index contributed by atoms with van der Waals surface area (Å²) in [4.78, 5) is 17.9. The Morgan fingerprint density at radius 3 is 2.71 bits per heavy atom. The maximum absolute atomic E-state index is 13.1. The molecule has 0 unspecified atom stereocenters. The van der Waals surface area contributed by atoms with Gasteiger partial charge in [0.25, 0.3) is 0 Å². The number of halogens is 2. The largest absolute Gasteiger partial charge is 0.360 e. The smallest absolute Gasteiger partial charge is 0.329 e. The molecule has 21 heavy (non-hydrogen) atoms. The lowest BCUT2D eigenvalue weighted by Gasteiger charge is -2.08. The summed E-state index contributed by atoms with van der Waals surface area (Å²) in [6.45, 7) is 0.0538. The highest BCUT2D eigenvalue weighted by atomic mass is 19.2. The maximum Gasteiger partial charge on any atom is 0.329 e. The van der Waals surface area contributed by atoms with Gasteiger partial charge < -0.3 is 10.6 Å². The van der Waals surface area contributed by atoms with E-state index in [0.29, 0.717) is 5.56 Å². The maximum atomic E-state index is 13.1. The third-order valence-electron chi connectivity index (χ3n) is 2.63. The van der Waals surface area contributed by atoms with Crippen molar-refractivity contribution in [2.24, 2.45) is 0 Å². The van der Waals surface area contributed by atoms with Crippen molar-refractivity contribution in [2.45, 2.75) is 6.54 Å². The van der Waals surface area contributed by atoms with Crippen LogP contribution in [-0.2, 0) is 6.54 Å². The molecule has 0 radical (unpaired) electrons. The average molecular weight is 295 g/mol. The Kier molecular flexibility index (Phi) is 4.21. The molecular formula is C12H11F2N5O2. The average Bonchev–Trinajstić information content (AvgIpc) is 2.48. The van der Waals surface area contributed by atoms with Crippen LogP contribution in [0, 0.1) is 21.7 Å². The van der Waals surface area contributed by atoms with Gasteiger partial charge in [0.15, 0.2) is 11.6 Å². The SMILES string of the molecule is CNc1ncc([N+](=O)[O-])c(NCc2ccc(F)c(F)c2)n1. The zero-order valence-corrected chi connectivity index (χ0v) is 10.9. The van der Waals surface area contributed by atoms with Gasteiger partial charge in [-0.15, -0.1) is 0 Å². The van der Waals surface area contributed by atoms with Crippen LogP contribution in [0.2, 0.25) is 0 Å². The molecule has 0 saturated carbocycles. The number of nitro groups is 1. The van der Waals surface area contributed by atoms with Crippen LogP contribution in [0.4, 0.5) is 26.2 Å². The van der Waals surface area contributed by atoms with E-state index in [2.05, 4.69) is 20.6 Å². The van der Waals surface area contributed by atoms with Gasteiger partial charge >= 0.3 is 5.69 Å². The van der Waals surface area contributed by atoms with E-state index in [9.17, 15) is 18.9 Å². The summed E-state index contributed by atoms with van der Waals surface area (Å²) in [6.07, 6.45) is 1.06. The lowest BCUT2D eigenvalue weighted by atomic mass is 10.2. The summed E-state index contributed by atoms with van der Waals surface area (Å²) in [5, 5.41) is 16.3. The quantitative estimate of drug-likeness (QED) is 0.649. The first kappa shape index (κ1) is 14.6. The van der Waals surface area contributed by atoms with Crippen molar-refractivity contribution >= 4 is 17.5 Å². The molecule has 0 fully saturated rings. The Morgan fingerprint density at radius 1 is 1.33 bits per heavy atom. The number of benzene rings is 1. The lowest BCUT2D eigenvalue weighted by molar-refractivity contribution is -0.384. The van der Waals surface area contributed by atoms with Gasteiger partial charge in [-0.3, -0.25) is 10.1 Å². The zero-order valence-electron chi connectivity index (χ0n) is 10.9. The molecule has 0 aliphatic carbocycles. The van der Waals surface area contributed by atoms with Crippen LogP contribution in [0.15, 0.2) is 24.4 Å². The lowest BCUT2D eigenvalue weighted by Crippen LogP contribution is -2.08. The van der Waals surface area contributed by atoms with E-state index in [1.807, 2.05) is 0 Å². The Morgan fingerprint density at radius 2 is 2.10 bits per heavy atom. The molecule has 2 aromatic rings. The van der Waals surface area contributed by atoms with Crippen molar-refractivity contribution in [1.29, 1.82) is 0 Å². The monoisotopic (exact) mass is 295 g/mol. The van der Waals surface area contributed by atoms with Crippen LogP contribution >= 0.6 is 0 Å². The Hall–Kier alpha value is -2.84. The first-order chi connectivity index (χ1) is 10.0. The third kappa shape index (κ3) is 3.38. The minimum Gasteiger partial charge on any atom is -0.360 e. The number of aromatic nitrogens is 2. The molecule has 0 bridgehead atoms. The molecule has 9 heteroatoms. The van der Waals surface area contributed by atoms with Crippen LogP contribution in [0.3, 0.4) is 0 Å². The summed E-state index contributed by atoms with van der Waals surface area (Å²) in [6, 6.07) is 3.37. The highest BCUT2D eigenvalue weighted by Crippen LogP contribution is 2.22. The molecule has 1 heterocycles. The molecule has 7 nitrogen and oxygen atoms in total. The van der Waals surface area contributed by atoms with Crippen LogP contribution in [0.1, 0.15) is 5.56 Å². The van der Waals surface area contributed by atoms with Gasteiger partial charge in [-0.05, 0) is 17.7 Å². The van der Waals surface area contributed by atoms with Crippen molar-refractivity contribution in [3.05, 3.63) is 51.7 Å². The minimum absolute atomic E-state index is 0.0101. The normalized spacial score (nSPS) is 10.2. The second-order valence-electron chi connectivity index (χ2n) is 4.04. The van der Waals surface area contributed by atoms with Gasteiger partial charge in [0.1, 0.15) is 6.20 Å². The van der Waals surface area contributed by atoms with Crippen molar-refractivity contribution < 1.29 is 13.7 Å². The second kappa shape index (κ2) is 6.07. The number of rotatable bonds is 5. The fourth-order valence-corrected chi connectivity index (χ4v) is 1.59. The Bertz CT molecular complexity index is 681. The minimum atomic E-state index is -0.984. The first-order valence-electron chi connectivity index (χ1n) is 5.88. The molecule has 2 N–H and O–H groups in total. The van der Waals surface area contributed by atoms with E-state index in [1.54, 1.807) is 7.05 Å². The molecule has 110 valence electrons. The van der Waals surface area contributed by atoms with Gasteiger partial charge in [0, 0.05) is 13.6 Å². The van der Waals surface area contributed by atoms with Gasteiger partial charge in [-0.1, -0.05) is 6.07 Å². The first-order valence-corrected chi connectivity index (χ1v) is 5.88. The molecule has 0 aliphatic rings. The van der Waals surface area contributed by atoms with Crippen molar-refractivity contribution in [1.82, 2.24) is 9.97 Å². The second-order valence-corrected chi connectivity index (χ2v) is 4.04. The summed E-state index contributed by atoms with van der Waals surface area (Å²) < 4.78 is 25.9. The van der Waals surface area contributed by atoms with Crippen LogP contribution in [-0.4, -0.2) is 21.9 Å². The van der Waals surface area contributed by atoms with E-state index in [0.717, 1.165) is 18.3 Å². The van der Waals surface area contributed by atoms with Gasteiger partial charge in [0.2, 0.25) is 11.8 Å². The standard InChI is InChI=1S/C12H11F2N5O2/c1-15-12-17-6-10(19(20)21)11(18-12)16-5-7-2-3-8(13)9(14)4-7/h2-4,6H,5H2,1H3,(H2,15,16,17,18). The molecule has 0 spiro atoms. The summed E-state index contributed by atoms with van der Waals surface area (Å²) in [5.41, 5.74) is 0.115. The summed E-state index contributed by atoms with van der Waals surface area (Å²) in [7, 11) is 1.57. The number of nitrogens with zero attached hydrogens (tertiary/aromatic N) is 3. The number of hydrogen-bond acceptors (Lipinski definition) is 6. The molecule has 2 rings (SSSR count). The molecule has 0 saturated heterocycles. The fourth-order valence-electron chi connectivity index (χ4n) is 1.59. The predicted molar refractivity (Wildman–Crippen MR) is 71.9 cm³/mol. The van der Waals surface area contributed by atoms with Crippen molar-refractivity contribution in [2.75, 3.05) is 17.7 Å². The third-order valence-corrected chi connectivity index (χ3v) is 2.63. The molecule has 1 aromatic carbocycles. The van der Waals surface area contributed by atoms with E-state index < -0.39 is 16.6 Å².